The van der Waals surface area contributed by atoms with E-state index in [9.17, 15) is 4.79 Å². The first-order chi connectivity index (χ1) is 8.58. The van der Waals surface area contributed by atoms with E-state index >= 15 is 0 Å². The third-order valence-electron chi connectivity index (χ3n) is 3.23. The normalized spacial score (nSPS) is 16.2. The summed E-state index contributed by atoms with van der Waals surface area (Å²) in [5.74, 6) is 0.728. The first-order valence-corrected chi connectivity index (χ1v) is 6.32. The molecule has 98 valence electrons. The molecule has 1 aromatic carbocycles. The minimum Gasteiger partial charge on any atom is -0.484 e. The van der Waals surface area contributed by atoms with Crippen molar-refractivity contribution in [2.45, 2.75) is 31.8 Å². The van der Waals surface area contributed by atoms with E-state index in [1.54, 1.807) is 4.90 Å². The van der Waals surface area contributed by atoms with Gasteiger partial charge in [-0.1, -0.05) is 12.1 Å². The number of benzene rings is 1. The van der Waals surface area contributed by atoms with Crippen LogP contribution >= 0.6 is 0 Å². The Hall–Kier alpha value is -1.55. The van der Waals surface area contributed by atoms with Crippen molar-refractivity contribution >= 4 is 5.91 Å². The van der Waals surface area contributed by atoms with Crippen LogP contribution in [0.5, 0.6) is 5.75 Å². The molecule has 0 spiro atoms. The van der Waals surface area contributed by atoms with Crippen molar-refractivity contribution in [3.05, 3.63) is 29.8 Å². The van der Waals surface area contributed by atoms with Crippen LogP contribution in [0.15, 0.2) is 24.3 Å². The number of hydrogen-bond donors (Lipinski definition) is 1. The predicted molar refractivity (Wildman–Crippen MR) is 70.3 cm³/mol. The zero-order valence-electron chi connectivity index (χ0n) is 10.9. The lowest BCUT2D eigenvalue weighted by Crippen LogP contribution is -2.33. The standard InChI is InChI=1S/C14H20N2O2/c1-10(15)11-4-3-5-13(8-11)18-9-14(17)16(2)12-6-7-12/h3-5,8,10,12H,6-7,9,15H2,1-2H3/t10-/m1/s1. The Balaban J connectivity index is 1.89. The second-order valence-corrected chi connectivity index (χ2v) is 4.89. The van der Waals surface area contributed by atoms with Crippen molar-refractivity contribution in [3.63, 3.8) is 0 Å². The van der Waals surface area contributed by atoms with Gasteiger partial charge in [-0.15, -0.1) is 0 Å². The van der Waals surface area contributed by atoms with Gasteiger partial charge in [-0.25, -0.2) is 0 Å². The lowest BCUT2D eigenvalue weighted by atomic mass is 10.1. The molecule has 2 N–H and O–H groups in total. The van der Waals surface area contributed by atoms with Crippen LogP contribution in [-0.4, -0.2) is 30.5 Å². The molecule has 1 saturated carbocycles. The molecule has 0 aromatic heterocycles. The molecule has 1 aromatic rings. The lowest BCUT2D eigenvalue weighted by molar-refractivity contribution is -0.132. The van der Waals surface area contributed by atoms with E-state index in [1.165, 1.54) is 0 Å². The lowest BCUT2D eigenvalue weighted by Gasteiger charge is -2.16. The molecule has 0 bridgehead atoms. The summed E-state index contributed by atoms with van der Waals surface area (Å²) in [5, 5.41) is 0. The summed E-state index contributed by atoms with van der Waals surface area (Å²) in [7, 11) is 1.84. The van der Waals surface area contributed by atoms with Crippen molar-refractivity contribution in [1.29, 1.82) is 0 Å². The summed E-state index contributed by atoms with van der Waals surface area (Å²) in [6.07, 6.45) is 2.23. The van der Waals surface area contributed by atoms with Crippen LogP contribution in [0.4, 0.5) is 0 Å². The molecule has 0 aliphatic heterocycles. The van der Waals surface area contributed by atoms with Crippen LogP contribution < -0.4 is 10.5 Å². The van der Waals surface area contributed by atoms with Gasteiger partial charge in [0, 0.05) is 19.1 Å². The average molecular weight is 248 g/mol. The van der Waals surface area contributed by atoms with Gasteiger partial charge in [0.2, 0.25) is 0 Å². The summed E-state index contributed by atoms with van der Waals surface area (Å²) < 4.78 is 5.51. The highest BCUT2D eigenvalue weighted by atomic mass is 16.5. The van der Waals surface area contributed by atoms with Crippen LogP contribution in [0, 0.1) is 0 Å². The molecule has 2 rings (SSSR count). The van der Waals surface area contributed by atoms with Gasteiger partial charge in [-0.3, -0.25) is 4.79 Å². The molecular weight excluding hydrogens is 228 g/mol. The third kappa shape index (κ3) is 3.23. The Morgan fingerprint density at radius 2 is 2.28 bits per heavy atom. The van der Waals surface area contributed by atoms with Crippen molar-refractivity contribution < 1.29 is 9.53 Å². The van der Waals surface area contributed by atoms with Gasteiger partial charge in [0.25, 0.3) is 5.91 Å². The number of nitrogens with two attached hydrogens (primary N) is 1. The number of likely N-dealkylation sites (N-methyl/N-ethyl adjacent to an activating group) is 1. The first kappa shape index (κ1) is 12.9. The molecule has 0 unspecified atom stereocenters. The molecule has 1 atom stereocenters. The number of carbonyl (C=O) groups excluding carboxylic acids is 1. The molecule has 4 nitrogen and oxygen atoms in total. The smallest absolute Gasteiger partial charge is 0.260 e. The molecule has 0 radical (unpaired) electrons. The monoisotopic (exact) mass is 248 g/mol. The summed E-state index contributed by atoms with van der Waals surface area (Å²) in [6.45, 7) is 2.01. The fraction of sp³-hybridized carbons (Fsp3) is 0.500. The van der Waals surface area contributed by atoms with Crippen LogP contribution in [0.3, 0.4) is 0 Å². The predicted octanol–water partition coefficient (Wildman–Crippen LogP) is 1.71. The Bertz CT molecular complexity index is 428. The van der Waals surface area contributed by atoms with Crippen molar-refractivity contribution in [2.24, 2.45) is 5.73 Å². The highest BCUT2D eigenvalue weighted by Gasteiger charge is 2.29. The number of nitrogens with zero attached hydrogens (tertiary/aromatic N) is 1. The van der Waals surface area contributed by atoms with E-state index in [0.717, 1.165) is 18.4 Å². The fourth-order valence-corrected chi connectivity index (χ4v) is 1.80. The molecule has 4 heteroatoms. The largest absolute Gasteiger partial charge is 0.484 e. The van der Waals surface area contributed by atoms with E-state index < -0.39 is 0 Å². The van der Waals surface area contributed by atoms with Crippen LogP contribution in [0.2, 0.25) is 0 Å². The van der Waals surface area contributed by atoms with E-state index in [1.807, 2.05) is 38.2 Å². The number of ether oxygens (including phenoxy) is 1. The molecule has 0 heterocycles. The number of hydrogen-bond acceptors (Lipinski definition) is 3. The van der Waals surface area contributed by atoms with Crippen molar-refractivity contribution in [1.82, 2.24) is 4.90 Å². The molecule has 1 fully saturated rings. The number of carbonyl (C=O) groups is 1. The Morgan fingerprint density at radius 3 is 2.89 bits per heavy atom. The molecule has 0 saturated heterocycles. The summed E-state index contributed by atoms with van der Waals surface area (Å²) in [5.41, 5.74) is 6.81. The summed E-state index contributed by atoms with van der Waals surface area (Å²) in [6, 6.07) is 7.97. The SMILES string of the molecule is C[C@@H](N)c1cccc(OCC(=O)N(C)C2CC2)c1. The van der Waals surface area contributed by atoms with E-state index in [4.69, 9.17) is 10.5 Å². The zero-order chi connectivity index (χ0) is 13.1. The Labute approximate surface area is 108 Å². The quantitative estimate of drug-likeness (QED) is 0.863. The van der Waals surface area contributed by atoms with Crippen LogP contribution in [0.1, 0.15) is 31.4 Å². The second kappa shape index (κ2) is 5.40. The van der Waals surface area contributed by atoms with E-state index in [0.29, 0.717) is 11.8 Å². The highest BCUT2D eigenvalue weighted by molar-refractivity contribution is 5.78. The Kier molecular flexibility index (Phi) is 3.87. The van der Waals surface area contributed by atoms with Gasteiger partial charge in [0.1, 0.15) is 5.75 Å². The number of amides is 1. The second-order valence-electron chi connectivity index (χ2n) is 4.89. The fourth-order valence-electron chi connectivity index (χ4n) is 1.80. The van der Waals surface area contributed by atoms with Gasteiger partial charge < -0.3 is 15.4 Å². The molecular formula is C14H20N2O2. The third-order valence-corrected chi connectivity index (χ3v) is 3.23. The minimum absolute atomic E-state index is 0.0293. The van der Waals surface area contributed by atoms with Gasteiger partial charge in [-0.05, 0) is 37.5 Å². The summed E-state index contributed by atoms with van der Waals surface area (Å²) >= 11 is 0. The van der Waals surface area contributed by atoms with Crippen molar-refractivity contribution in [2.75, 3.05) is 13.7 Å². The maximum atomic E-state index is 11.8. The van der Waals surface area contributed by atoms with Crippen LogP contribution in [0.25, 0.3) is 0 Å². The molecule has 18 heavy (non-hydrogen) atoms. The first-order valence-electron chi connectivity index (χ1n) is 6.32. The van der Waals surface area contributed by atoms with Crippen molar-refractivity contribution in [3.8, 4) is 5.75 Å². The van der Waals surface area contributed by atoms with E-state index in [2.05, 4.69) is 0 Å². The van der Waals surface area contributed by atoms with Gasteiger partial charge in [0.15, 0.2) is 6.61 Å². The topological polar surface area (TPSA) is 55.6 Å². The van der Waals surface area contributed by atoms with Crippen LogP contribution in [-0.2, 0) is 4.79 Å². The van der Waals surface area contributed by atoms with Gasteiger partial charge in [-0.2, -0.15) is 0 Å². The highest BCUT2D eigenvalue weighted by Crippen LogP contribution is 2.25. The maximum Gasteiger partial charge on any atom is 0.260 e. The van der Waals surface area contributed by atoms with Gasteiger partial charge >= 0.3 is 0 Å². The molecule has 1 aliphatic carbocycles. The average Bonchev–Trinajstić information content (AvgIpc) is 3.19. The minimum atomic E-state index is -0.0293. The molecule has 1 aliphatic rings. The number of rotatable bonds is 5. The Morgan fingerprint density at radius 1 is 1.56 bits per heavy atom. The molecule has 1 amide bonds. The summed E-state index contributed by atoms with van der Waals surface area (Å²) in [4.78, 5) is 13.6. The zero-order valence-corrected chi connectivity index (χ0v) is 10.9. The van der Waals surface area contributed by atoms with Gasteiger partial charge in [0.05, 0.1) is 0 Å². The van der Waals surface area contributed by atoms with E-state index in [-0.39, 0.29) is 18.6 Å². The maximum absolute atomic E-state index is 11.8.